The molecule has 30 valence electrons. The summed E-state index contributed by atoms with van der Waals surface area (Å²) in [5, 5.41) is 0. The first kappa shape index (κ1) is 16.2. The Balaban J connectivity index is -0.0000000200. The Morgan fingerprint density at radius 3 is 1.20 bits per heavy atom. The first-order chi connectivity index (χ1) is 1.41. The summed E-state index contributed by atoms with van der Waals surface area (Å²) in [5.41, 5.74) is 0. The topological polar surface area (TPSA) is 0 Å². The molecule has 0 saturated heterocycles. The maximum Gasteiger partial charge on any atom is 0.0213 e. The Bertz CT molecular complexity index is 6.85. The largest absolute Gasteiger partial charge is 0.0776 e. The summed E-state index contributed by atoms with van der Waals surface area (Å²) in [6, 6.07) is 0. The molecule has 0 spiro atoms. The van der Waals surface area contributed by atoms with Gasteiger partial charge in [-0.15, -0.1) is 0 Å². The van der Waals surface area contributed by atoms with Crippen LogP contribution in [0.5, 0.6) is 0 Å². The third-order valence-electron chi connectivity index (χ3n) is 0. The maximum absolute atomic E-state index is 2.21. The van der Waals surface area contributed by atoms with Crippen molar-refractivity contribution < 1.29 is 32.7 Å². The van der Waals surface area contributed by atoms with Gasteiger partial charge in [-0.3, -0.25) is 0 Å². The smallest absolute Gasteiger partial charge is 0.0213 e. The number of rotatable bonds is 0. The molecule has 0 aromatic rings. The Morgan fingerprint density at radius 2 is 1.20 bits per heavy atom. The SMILES string of the molecule is C.C[SiH]C.[Y]. The minimum absolute atomic E-state index is 0. The maximum atomic E-state index is 2.21. The van der Waals surface area contributed by atoms with Crippen molar-refractivity contribution in [1.29, 1.82) is 0 Å². The van der Waals surface area contributed by atoms with E-state index in [1.165, 1.54) is 0 Å². The summed E-state index contributed by atoms with van der Waals surface area (Å²) in [5.74, 6) is 0. The van der Waals surface area contributed by atoms with Gasteiger partial charge in [-0.25, -0.2) is 0 Å². The molecule has 0 fully saturated rings. The summed E-state index contributed by atoms with van der Waals surface area (Å²) in [6.45, 7) is 4.42. The molecule has 2 heteroatoms. The van der Waals surface area contributed by atoms with Crippen LogP contribution in [0.4, 0.5) is 0 Å². The van der Waals surface area contributed by atoms with E-state index in [1.54, 1.807) is 0 Å². The van der Waals surface area contributed by atoms with Gasteiger partial charge in [0.05, 0.1) is 0 Å². The Morgan fingerprint density at radius 1 is 1.20 bits per heavy atom. The predicted molar refractivity (Wildman–Crippen MR) is 25.6 cm³/mol. The number of hydrogen-bond donors (Lipinski definition) is 0. The molecule has 0 heterocycles. The average molecular weight is 164 g/mol. The summed E-state index contributed by atoms with van der Waals surface area (Å²) >= 11 is 0. The monoisotopic (exact) mass is 164 g/mol. The fourth-order valence-corrected chi connectivity index (χ4v) is 0. The molecule has 0 aliphatic carbocycles. The second kappa shape index (κ2) is 18.4. The molecule has 0 rings (SSSR count). The van der Waals surface area contributed by atoms with E-state index in [0.29, 0.717) is 0 Å². The normalized spacial score (nSPS) is 3.60. The van der Waals surface area contributed by atoms with Crippen molar-refractivity contribution in [2.75, 3.05) is 0 Å². The molecule has 0 N–H and O–H groups in total. The van der Waals surface area contributed by atoms with Gasteiger partial charge in [0.1, 0.15) is 0 Å². The van der Waals surface area contributed by atoms with Crippen LogP contribution in [-0.2, 0) is 32.7 Å². The quantitative estimate of drug-likeness (QED) is 0.471. The van der Waals surface area contributed by atoms with Gasteiger partial charge < -0.3 is 0 Å². The second-order valence-electron chi connectivity index (χ2n) is 0.577. The summed E-state index contributed by atoms with van der Waals surface area (Å²) < 4.78 is 0. The fourth-order valence-electron chi connectivity index (χ4n) is 0. The molecule has 5 heavy (non-hydrogen) atoms. The van der Waals surface area contributed by atoms with Crippen LogP contribution in [0.25, 0.3) is 0 Å². The summed E-state index contributed by atoms with van der Waals surface area (Å²) in [4.78, 5) is 0. The Hall–Kier alpha value is 1.32. The van der Waals surface area contributed by atoms with Gasteiger partial charge >= 0.3 is 0 Å². The summed E-state index contributed by atoms with van der Waals surface area (Å²) in [7, 11) is 0.750. The molecule has 0 unspecified atom stereocenters. The van der Waals surface area contributed by atoms with Gasteiger partial charge in [0.25, 0.3) is 0 Å². The minimum atomic E-state index is 0. The van der Waals surface area contributed by atoms with Gasteiger partial charge in [-0.05, 0) is 0 Å². The van der Waals surface area contributed by atoms with Crippen molar-refractivity contribution in [1.82, 2.24) is 0 Å². The zero-order valence-electron chi connectivity index (χ0n) is 3.15. The molecule has 0 aromatic heterocycles. The van der Waals surface area contributed by atoms with Crippen molar-refractivity contribution in [2.45, 2.75) is 20.5 Å². The van der Waals surface area contributed by atoms with Crippen molar-refractivity contribution in [2.24, 2.45) is 0 Å². The van der Waals surface area contributed by atoms with E-state index in [-0.39, 0.29) is 40.1 Å². The summed E-state index contributed by atoms with van der Waals surface area (Å²) in [6.07, 6.45) is 0. The molecule has 0 bridgehead atoms. The first-order valence-electron chi connectivity index (χ1n) is 1.15. The van der Waals surface area contributed by atoms with Crippen molar-refractivity contribution in [3.8, 4) is 0 Å². The molecule has 0 aliphatic heterocycles. The van der Waals surface area contributed by atoms with Gasteiger partial charge in [0.15, 0.2) is 0 Å². The van der Waals surface area contributed by atoms with Crippen LogP contribution in [-0.4, -0.2) is 9.52 Å². The van der Waals surface area contributed by atoms with E-state index in [2.05, 4.69) is 13.1 Å². The van der Waals surface area contributed by atoms with E-state index >= 15 is 0 Å². The average Bonchev–Trinajstić information content (AvgIpc) is 0.918. The van der Waals surface area contributed by atoms with E-state index < -0.39 is 0 Å². The molecule has 0 saturated carbocycles. The third kappa shape index (κ3) is 33.6. The van der Waals surface area contributed by atoms with Crippen LogP contribution in [0, 0.1) is 0 Å². The predicted octanol–water partition coefficient (Wildman–Crippen LogP) is 1.15. The van der Waals surface area contributed by atoms with Crippen LogP contribution in [0.1, 0.15) is 7.43 Å². The molecule has 0 aliphatic rings. The zero-order valence-corrected chi connectivity index (χ0v) is 7.15. The van der Waals surface area contributed by atoms with Gasteiger partial charge in [0.2, 0.25) is 0 Å². The molecular formula is C3H11SiY. The molecule has 2 radical (unpaired) electrons. The first-order valence-corrected chi connectivity index (χ1v) is 3.46. The Labute approximate surface area is 62.4 Å². The van der Waals surface area contributed by atoms with Crippen LogP contribution in [0.2, 0.25) is 13.1 Å². The molecule has 0 aromatic carbocycles. The van der Waals surface area contributed by atoms with E-state index in [4.69, 9.17) is 0 Å². The van der Waals surface area contributed by atoms with Crippen molar-refractivity contribution in [3.63, 3.8) is 0 Å². The third-order valence-corrected chi connectivity index (χ3v) is 0. The van der Waals surface area contributed by atoms with Gasteiger partial charge in [-0.2, -0.15) is 0 Å². The van der Waals surface area contributed by atoms with Crippen molar-refractivity contribution in [3.05, 3.63) is 0 Å². The van der Waals surface area contributed by atoms with Crippen LogP contribution >= 0.6 is 0 Å². The minimum Gasteiger partial charge on any atom is -0.0776 e. The fraction of sp³-hybridized carbons (Fsp3) is 1.00. The van der Waals surface area contributed by atoms with Crippen LogP contribution in [0.15, 0.2) is 0 Å². The van der Waals surface area contributed by atoms with Crippen LogP contribution < -0.4 is 0 Å². The zero-order chi connectivity index (χ0) is 2.71. The molecule has 0 nitrogen and oxygen atoms in total. The van der Waals surface area contributed by atoms with E-state index in [0.717, 1.165) is 9.52 Å². The molecule has 0 amide bonds. The van der Waals surface area contributed by atoms with Crippen molar-refractivity contribution >= 4 is 9.52 Å². The Kier molecular flexibility index (Phi) is 59.9. The second-order valence-corrected chi connectivity index (χ2v) is 1.73. The molecular weight excluding hydrogens is 153 g/mol. The van der Waals surface area contributed by atoms with E-state index in [1.807, 2.05) is 0 Å². The number of hydrogen-bond acceptors (Lipinski definition) is 0. The molecule has 0 atom stereocenters. The standard InChI is InChI=1S/C2H7Si.CH4.Y/c1-3-2;;/h3H,1-2H3;1H4;. The van der Waals surface area contributed by atoms with Gasteiger partial charge in [-0.1, -0.05) is 20.5 Å². The van der Waals surface area contributed by atoms with E-state index in [9.17, 15) is 0 Å². The van der Waals surface area contributed by atoms with Crippen LogP contribution in [0.3, 0.4) is 0 Å². The van der Waals surface area contributed by atoms with Gasteiger partial charge in [0, 0.05) is 42.2 Å².